The molecule has 144 valence electrons. The molecule has 9 heteroatoms. The first-order valence-corrected chi connectivity index (χ1v) is 9.47. The van der Waals surface area contributed by atoms with Gasteiger partial charge in [-0.1, -0.05) is 24.3 Å². The second-order valence-corrected chi connectivity index (χ2v) is 6.65. The molecule has 3 rings (SSSR count). The zero-order valence-corrected chi connectivity index (χ0v) is 18.1. The standard InChI is InChI=1S/C18H21FN6S.HI/c1-20-18(21-9-11-26-13-14-6-2-3-7-15(14)19)22-12-17-24-23-16-8-4-5-10-25(16)17;/h2-8,10H,9,11-13H2,1H3,(H2,20,21,22);1H. The lowest BCUT2D eigenvalue weighted by atomic mass is 10.2. The van der Waals surface area contributed by atoms with Gasteiger partial charge in [0, 0.05) is 31.3 Å². The van der Waals surface area contributed by atoms with E-state index in [0.29, 0.717) is 18.3 Å². The molecular formula is C18H22FIN6S. The second-order valence-electron chi connectivity index (χ2n) is 5.54. The number of nitrogens with one attached hydrogen (secondary N) is 2. The van der Waals surface area contributed by atoms with Crippen molar-refractivity contribution in [2.45, 2.75) is 12.3 Å². The lowest BCUT2D eigenvalue weighted by Crippen LogP contribution is -2.38. The number of pyridine rings is 1. The Morgan fingerprint density at radius 2 is 1.96 bits per heavy atom. The van der Waals surface area contributed by atoms with Gasteiger partial charge in [-0.25, -0.2) is 4.39 Å². The number of hydrogen-bond acceptors (Lipinski definition) is 4. The topological polar surface area (TPSA) is 66.6 Å². The number of rotatable bonds is 7. The molecule has 3 aromatic rings. The Kier molecular flexibility index (Phi) is 8.79. The average molecular weight is 500 g/mol. The van der Waals surface area contributed by atoms with E-state index in [4.69, 9.17) is 0 Å². The summed E-state index contributed by atoms with van der Waals surface area (Å²) in [4.78, 5) is 4.21. The highest BCUT2D eigenvalue weighted by Crippen LogP contribution is 2.14. The Morgan fingerprint density at radius 3 is 2.78 bits per heavy atom. The van der Waals surface area contributed by atoms with Crippen molar-refractivity contribution in [2.24, 2.45) is 4.99 Å². The molecule has 0 fully saturated rings. The van der Waals surface area contributed by atoms with Crippen LogP contribution < -0.4 is 10.6 Å². The van der Waals surface area contributed by atoms with Crippen LogP contribution in [-0.2, 0) is 12.3 Å². The van der Waals surface area contributed by atoms with Crippen LogP contribution >= 0.6 is 35.7 Å². The van der Waals surface area contributed by atoms with E-state index in [1.807, 2.05) is 40.9 Å². The van der Waals surface area contributed by atoms with Gasteiger partial charge in [-0.15, -0.1) is 34.2 Å². The minimum atomic E-state index is -0.147. The van der Waals surface area contributed by atoms with Crippen molar-refractivity contribution < 1.29 is 4.39 Å². The van der Waals surface area contributed by atoms with Crippen LogP contribution in [0.3, 0.4) is 0 Å². The van der Waals surface area contributed by atoms with Gasteiger partial charge in [0.2, 0.25) is 0 Å². The highest BCUT2D eigenvalue weighted by atomic mass is 127. The molecule has 0 saturated carbocycles. The maximum Gasteiger partial charge on any atom is 0.191 e. The van der Waals surface area contributed by atoms with Gasteiger partial charge >= 0.3 is 0 Å². The number of guanidine groups is 1. The van der Waals surface area contributed by atoms with Crippen molar-refractivity contribution in [1.29, 1.82) is 0 Å². The summed E-state index contributed by atoms with van der Waals surface area (Å²) in [5, 5.41) is 14.8. The van der Waals surface area contributed by atoms with Gasteiger partial charge < -0.3 is 10.6 Å². The van der Waals surface area contributed by atoms with E-state index in [2.05, 4.69) is 25.8 Å². The number of aromatic nitrogens is 3. The third-order valence-electron chi connectivity index (χ3n) is 3.78. The molecule has 2 aromatic heterocycles. The molecule has 0 saturated heterocycles. The summed E-state index contributed by atoms with van der Waals surface area (Å²) < 4.78 is 15.5. The first-order chi connectivity index (χ1) is 12.8. The number of nitrogens with zero attached hydrogens (tertiary/aromatic N) is 4. The summed E-state index contributed by atoms with van der Waals surface area (Å²) in [6, 6.07) is 12.7. The average Bonchev–Trinajstić information content (AvgIpc) is 3.08. The molecule has 0 bridgehead atoms. The number of thioether (sulfide) groups is 1. The molecule has 1 aromatic carbocycles. The second kappa shape index (κ2) is 11.1. The van der Waals surface area contributed by atoms with Gasteiger partial charge in [0.15, 0.2) is 17.4 Å². The van der Waals surface area contributed by atoms with E-state index in [1.165, 1.54) is 6.07 Å². The maximum absolute atomic E-state index is 13.6. The Morgan fingerprint density at radius 1 is 1.15 bits per heavy atom. The molecule has 0 radical (unpaired) electrons. The SMILES string of the molecule is CN=C(NCCSCc1ccccc1F)NCc1nnc2ccccn12.I. The molecule has 0 aliphatic rings. The smallest absolute Gasteiger partial charge is 0.191 e. The van der Waals surface area contributed by atoms with Crippen LogP contribution in [0.5, 0.6) is 0 Å². The van der Waals surface area contributed by atoms with Crippen LogP contribution in [0.25, 0.3) is 5.65 Å². The van der Waals surface area contributed by atoms with Crippen molar-refractivity contribution in [3.63, 3.8) is 0 Å². The van der Waals surface area contributed by atoms with Crippen LogP contribution in [-0.4, -0.2) is 39.9 Å². The molecule has 0 aliphatic heterocycles. The zero-order valence-electron chi connectivity index (χ0n) is 14.9. The summed E-state index contributed by atoms with van der Waals surface area (Å²) in [6.07, 6.45) is 1.93. The van der Waals surface area contributed by atoms with Gasteiger partial charge in [0.05, 0.1) is 6.54 Å². The van der Waals surface area contributed by atoms with Crippen molar-refractivity contribution in [3.8, 4) is 0 Å². The Bertz CT molecular complexity index is 885. The van der Waals surface area contributed by atoms with Gasteiger partial charge in [-0.05, 0) is 23.8 Å². The van der Waals surface area contributed by atoms with Crippen molar-refractivity contribution in [2.75, 3.05) is 19.3 Å². The molecule has 0 unspecified atom stereocenters. The summed E-state index contributed by atoms with van der Waals surface area (Å²) in [5.74, 6) is 2.88. The molecule has 0 amide bonds. The largest absolute Gasteiger partial charge is 0.356 e. The lowest BCUT2D eigenvalue weighted by molar-refractivity contribution is 0.617. The fourth-order valence-electron chi connectivity index (χ4n) is 2.43. The third-order valence-corrected chi connectivity index (χ3v) is 4.78. The van der Waals surface area contributed by atoms with Gasteiger partial charge in [0.1, 0.15) is 5.82 Å². The summed E-state index contributed by atoms with van der Waals surface area (Å²) in [5.41, 5.74) is 1.55. The Balaban J connectivity index is 0.00000261. The van der Waals surface area contributed by atoms with Crippen LogP contribution in [0.15, 0.2) is 53.7 Å². The Labute approximate surface area is 179 Å². The molecular weight excluding hydrogens is 478 g/mol. The first-order valence-electron chi connectivity index (χ1n) is 8.32. The quantitative estimate of drug-likeness (QED) is 0.226. The van der Waals surface area contributed by atoms with E-state index in [0.717, 1.165) is 29.3 Å². The van der Waals surface area contributed by atoms with Crippen molar-refractivity contribution in [1.82, 2.24) is 25.2 Å². The molecule has 6 nitrogen and oxygen atoms in total. The van der Waals surface area contributed by atoms with Crippen LogP contribution in [0.1, 0.15) is 11.4 Å². The van der Waals surface area contributed by atoms with E-state index in [9.17, 15) is 4.39 Å². The minimum Gasteiger partial charge on any atom is -0.356 e. The van der Waals surface area contributed by atoms with Crippen LogP contribution in [0.4, 0.5) is 4.39 Å². The Hall–Kier alpha value is -1.88. The minimum absolute atomic E-state index is 0. The van der Waals surface area contributed by atoms with Gasteiger partial charge in [-0.3, -0.25) is 9.39 Å². The van der Waals surface area contributed by atoms with Crippen LogP contribution in [0.2, 0.25) is 0 Å². The van der Waals surface area contributed by atoms with Crippen LogP contribution in [0, 0.1) is 5.82 Å². The zero-order chi connectivity index (χ0) is 18.2. The number of fused-ring (bicyclic) bond motifs is 1. The lowest BCUT2D eigenvalue weighted by Gasteiger charge is -2.11. The van der Waals surface area contributed by atoms with Gasteiger partial charge in [0.25, 0.3) is 0 Å². The van der Waals surface area contributed by atoms with E-state index in [1.54, 1.807) is 24.9 Å². The predicted octanol–water partition coefficient (Wildman–Crippen LogP) is 3.08. The molecule has 2 N–H and O–H groups in total. The fourth-order valence-corrected chi connectivity index (χ4v) is 3.28. The normalized spacial score (nSPS) is 11.3. The molecule has 27 heavy (non-hydrogen) atoms. The highest BCUT2D eigenvalue weighted by molar-refractivity contribution is 14.0. The number of halogens is 2. The maximum atomic E-state index is 13.6. The number of hydrogen-bond donors (Lipinski definition) is 2. The molecule has 0 spiro atoms. The van der Waals surface area contributed by atoms with Gasteiger partial charge in [-0.2, -0.15) is 11.8 Å². The molecule has 2 heterocycles. The fraction of sp³-hybridized carbons (Fsp3) is 0.278. The van der Waals surface area contributed by atoms with E-state index >= 15 is 0 Å². The first kappa shape index (κ1) is 21.4. The predicted molar refractivity (Wildman–Crippen MR) is 119 cm³/mol. The summed E-state index contributed by atoms with van der Waals surface area (Å²) in [6.45, 7) is 1.26. The third kappa shape index (κ3) is 6.06. The van der Waals surface area contributed by atoms with E-state index in [-0.39, 0.29) is 29.8 Å². The molecule has 0 atom stereocenters. The number of aliphatic imine (C=N–C) groups is 1. The summed E-state index contributed by atoms with van der Waals surface area (Å²) >= 11 is 1.68. The molecule has 0 aliphatic carbocycles. The van der Waals surface area contributed by atoms with Crippen molar-refractivity contribution in [3.05, 3.63) is 65.9 Å². The summed E-state index contributed by atoms with van der Waals surface area (Å²) in [7, 11) is 1.73. The number of benzene rings is 1. The van der Waals surface area contributed by atoms with E-state index < -0.39 is 0 Å². The highest BCUT2D eigenvalue weighted by Gasteiger charge is 2.05. The monoisotopic (exact) mass is 500 g/mol. The van der Waals surface area contributed by atoms with Crippen molar-refractivity contribution >= 4 is 47.3 Å².